The van der Waals surface area contributed by atoms with Crippen molar-refractivity contribution in [2.45, 2.75) is 6.92 Å². The van der Waals surface area contributed by atoms with E-state index in [9.17, 15) is 9.59 Å². The van der Waals surface area contributed by atoms with E-state index >= 15 is 0 Å². The molecule has 0 fully saturated rings. The van der Waals surface area contributed by atoms with Gasteiger partial charge in [0.15, 0.2) is 6.29 Å². The number of ether oxygens (including phenoxy) is 1. The van der Waals surface area contributed by atoms with Crippen LogP contribution in [0.15, 0.2) is 24.3 Å². The van der Waals surface area contributed by atoms with Crippen molar-refractivity contribution in [1.29, 1.82) is 0 Å². The van der Waals surface area contributed by atoms with Gasteiger partial charge < -0.3 is 4.74 Å². The monoisotopic (exact) mass is 164 g/mol. The first-order chi connectivity index (χ1) is 5.74. The molecule has 0 aliphatic rings. The second-order valence-corrected chi connectivity index (χ2v) is 2.25. The second-order valence-electron chi connectivity index (χ2n) is 2.25. The Balaban J connectivity index is 2.96. The molecule has 0 spiro atoms. The molecule has 1 rings (SSSR count). The van der Waals surface area contributed by atoms with E-state index in [0.29, 0.717) is 17.6 Å². The molecule has 0 saturated carbocycles. The van der Waals surface area contributed by atoms with Gasteiger partial charge >= 0.3 is 5.97 Å². The third-order valence-electron chi connectivity index (χ3n) is 1.30. The molecular formula is C9H8O3. The molecule has 12 heavy (non-hydrogen) atoms. The van der Waals surface area contributed by atoms with Gasteiger partial charge in [0.05, 0.1) is 5.56 Å². The van der Waals surface area contributed by atoms with Gasteiger partial charge in [-0.25, -0.2) is 0 Å². The van der Waals surface area contributed by atoms with Crippen LogP contribution in [0.25, 0.3) is 0 Å². The fraction of sp³-hybridized carbons (Fsp3) is 0.111. The van der Waals surface area contributed by atoms with Crippen LogP contribution in [0, 0.1) is 0 Å². The average molecular weight is 164 g/mol. The molecule has 0 radical (unpaired) electrons. The van der Waals surface area contributed by atoms with Crippen LogP contribution >= 0.6 is 0 Å². The Morgan fingerprint density at radius 1 is 1.42 bits per heavy atom. The minimum Gasteiger partial charge on any atom is -0.426 e. The number of benzene rings is 1. The van der Waals surface area contributed by atoms with Crippen molar-refractivity contribution in [3.8, 4) is 5.75 Å². The topological polar surface area (TPSA) is 43.4 Å². The molecular weight excluding hydrogens is 156 g/mol. The largest absolute Gasteiger partial charge is 0.426 e. The van der Waals surface area contributed by atoms with Gasteiger partial charge in [0.2, 0.25) is 0 Å². The fourth-order valence-corrected chi connectivity index (χ4v) is 0.826. The number of carbonyl (C=O) groups is 2. The number of hydrogen-bond acceptors (Lipinski definition) is 3. The van der Waals surface area contributed by atoms with E-state index in [0.717, 1.165) is 0 Å². The van der Waals surface area contributed by atoms with E-state index in [-0.39, 0.29) is 0 Å². The highest BCUT2D eigenvalue weighted by Gasteiger charge is 2.02. The Morgan fingerprint density at radius 2 is 2.08 bits per heavy atom. The van der Waals surface area contributed by atoms with Crippen molar-refractivity contribution in [2.24, 2.45) is 0 Å². The summed E-state index contributed by atoms with van der Waals surface area (Å²) in [5.74, 6) is -0.121. The highest BCUT2D eigenvalue weighted by atomic mass is 16.5. The molecule has 0 N–H and O–H groups in total. The molecule has 1 aromatic rings. The summed E-state index contributed by atoms with van der Waals surface area (Å²) in [7, 11) is 0. The van der Waals surface area contributed by atoms with Gasteiger partial charge in [0, 0.05) is 6.92 Å². The summed E-state index contributed by atoms with van der Waals surface area (Å²) in [4.78, 5) is 21.0. The molecule has 1 aromatic carbocycles. The van der Waals surface area contributed by atoms with Gasteiger partial charge in [-0.2, -0.15) is 0 Å². The Kier molecular flexibility index (Phi) is 2.58. The van der Waals surface area contributed by atoms with Gasteiger partial charge in [-0.05, 0) is 12.1 Å². The summed E-state index contributed by atoms with van der Waals surface area (Å²) in [5.41, 5.74) is 0.382. The molecule has 3 nitrogen and oxygen atoms in total. The first-order valence-electron chi connectivity index (χ1n) is 3.46. The molecule has 0 amide bonds. The van der Waals surface area contributed by atoms with Gasteiger partial charge in [-0.15, -0.1) is 0 Å². The van der Waals surface area contributed by atoms with Crippen molar-refractivity contribution in [3.05, 3.63) is 29.8 Å². The second kappa shape index (κ2) is 3.67. The Morgan fingerprint density at radius 3 is 2.67 bits per heavy atom. The minimum atomic E-state index is -0.427. The zero-order valence-electron chi connectivity index (χ0n) is 6.61. The van der Waals surface area contributed by atoms with Crippen LogP contribution in [0.4, 0.5) is 0 Å². The Labute approximate surface area is 70.0 Å². The summed E-state index contributed by atoms with van der Waals surface area (Å²) in [6.45, 7) is 1.29. The van der Waals surface area contributed by atoms with E-state index < -0.39 is 5.97 Å². The van der Waals surface area contributed by atoms with Gasteiger partial charge in [0.25, 0.3) is 0 Å². The quantitative estimate of drug-likeness (QED) is 0.377. The zero-order valence-corrected chi connectivity index (χ0v) is 6.61. The minimum absolute atomic E-state index is 0.306. The molecule has 0 aromatic heterocycles. The standard InChI is InChI=1S/C9H8O3/c1-7(11)12-9-5-3-2-4-8(9)6-10/h2-6H,1H3. The van der Waals surface area contributed by atoms with Crippen LogP contribution in [-0.4, -0.2) is 12.3 Å². The number of para-hydroxylation sites is 1. The lowest BCUT2D eigenvalue weighted by Gasteiger charge is -2.01. The van der Waals surface area contributed by atoms with Crippen molar-refractivity contribution in [2.75, 3.05) is 0 Å². The third-order valence-corrected chi connectivity index (χ3v) is 1.30. The molecule has 62 valence electrons. The molecule has 0 heterocycles. The van der Waals surface area contributed by atoms with Crippen molar-refractivity contribution < 1.29 is 14.3 Å². The first kappa shape index (κ1) is 8.46. The van der Waals surface area contributed by atoms with Crippen LogP contribution in [0.1, 0.15) is 17.3 Å². The Bertz CT molecular complexity index is 304. The Hall–Kier alpha value is -1.64. The van der Waals surface area contributed by atoms with Gasteiger partial charge in [0.1, 0.15) is 5.75 Å². The average Bonchev–Trinajstić information content (AvgIpc) is 2.04. The maximum absolute atomic E-state index is 10.5. The number of esters is 1. The van der Waals surface area contributed by atoms with Crippen LogP contribution in [0.2, 0.25) is 0 Å². The lowest BCUT2D eigenvalue weighted by atomic mass is 10.2. The summed E-state index contributed by atoms with van der Waals surface area (Å²) >= 11 is 0. The molecule has 0 unspecified atom stereocenters. The van der Waals surface area contributed by atoms with Crippen molar-refractivity contribution >= 4 is 12.3 Å². The normalized spacial score (nSPS) is 9.08. The van der Waals surface area contributed by atoms with Gasteiger partial charge in [-0.1, -0.05) is 12.1 Å². The maximum atomic E-state index is 10.5. The summed E-state index contributed by atoms with van der Waals surface area (Å²) in [5, 5.41) is 0. The SMILES string of the molecule is CC(=O)Oc1ccccc1C=O. The maximum Gasteiger partial charge on any atom is 0.308 e. The van der Waals surface area contributed by atoms with E-state index in [1.54, 1.807) is 24.3 Å². The first-order valence-corrected chi connectivity index (χ1v) is 3.46. The van der Waals surface area contributed by atoms with E-state index in [4.69, 9.17) is 4.74 Å². The van der Waals surface area contributed by atoms with Crippen LogP contribution in [-0.2, 0) is 4.79 Å². The summed E-state index contributed by atoms with van der Waals surface area (Å²) in [6, 6.07) is 6.57. The molecule has 0 bridgehead atoms. The van der Waals surface area contributed by atoms with Crippen LogP contribution in [0.5, 0.6) is 5.75 Å². The van der Waals surface area contributed by atoms with Crippen LogP contribution in [0.3, 0.4) is 0 Å². The number of carbonyl (C=O) groups excluding carboxylic acids is 2. The number of aldehydes is 1. The van der Waals surface area contributed by atoms with Crippen molar-refractivity contribution in [1.82, 2.24) is 0 Å². The number of hydrogen-bond donors (Lipinski definition) is 0. The van der Waals surface area contributed by atoms with Crippen LogP contribution < -0.4 is 4.74 Å². The smallest absolute Gasteiger partial charge is 0.308 e. The molecule has 0 saturated heterocycles. The highest BCUT2D eigenvalue weighted by molar-refractivity contribution is 5.81. The third kappa shape index (κ3) is 1.92. The molecule has 0 aliphatic heterocycles. The lowest BCUT2D eigenvalue weighted by molar-refractivity contribution is -0.131. The lowest BCUT2D eigenvalue weighted by Crippen LogP contribution is -2.03. The predicted octanol–water partition coefficient (Wildman–Crippen LogP) is 1.42. The summed E-state index contributed by atoms with van der Waals surface area (Å²) < 4.78 is 4.77. The number of rotatable bonds is 2. The predicted molar refractivity (Wildman–Crippen MR) is 43.1 cm³/mol. The molecule has 3 heteroatoms. The zero-order chi connectivity index (χ0) is 8.97. The van der Waals surface area contributed by atoms with E-state index in [2.05, 4.69) is 0 Å². The van der Waals surface area contributed by atoms with E-state index in [1.807, 2.05) is 0 Å². The summed E-state index contributed by atoms with van der Waals surface area (Å²) in [6.07, 6.45) is 0.651. The van der Waals surface area contributed by atoms with Crippen molar-refractivity contribution in [3.63, 3.8) is 0 Å². The molecule has 0 aliphatic carbocycles. The highest BCUT2D eigenvalue weighted by Crippen LogP contribution is 2.15. The molecule has 0 atom stereocenters. The fourth-order valence-electron chi connectivity index (χ4n) is 0.826. The van der Waals surface area contributed by atoms with Gasteiger partial charge in [-0.3, -0.25) is 9.59 Å². The van der Waals surface area contributed by atoms with E-state index in [1.165, 1.54) is 6.92 Å².